The van der Waals surface area contributed by atoms with E-state index in [1.807, 2.05) is 19.1 Å². The van der Waals surface area contributed by atoms with Gasteiger partial charge in [-0.25, -0.2) is 8.78 Å². The van der Waals surface area contributed by atoms with E-state index in [1.54, 1.807) is 24.3 Å². The van der Waals surface area contributed by atoms with Gasteiger partial charge in [0.25, 0.3) is 0 Å². The van der Waals surface area contributed by atoms with Gasteiger partial charge in [-0.3, -0.25) is 0 Å². The molecular weight excluding hydrogens is 302 g/mol. The molecule has 0 fully saturated rings. The monoisotopic (exact) mass is 324 g/mol. The molecule has 0 nitrogen and oxygen atoms in total. The van der Waals surface area contributed by atoms with Gasteiger partial charge in [0, 0.05) is 23.1 Å². The van der Waals surface area contributed by atoms with E-state index in [9.17, 15) is 8.78 Å². The molecule has 2 aromatic carbocycles. The van der Waals surface area contributed by atoms with Crippen LogP contribution in [0.15, 0.2) is 54.4 Å². The van der Waals surface area contributed by atoms with E-state index in [1.165, 1.54) is 5.56 Å². The fourth-order valence-corrected chi connectivity index (χ4v) is 2.27. The lowest BCUT2D eigenvalue weighted by atomic mass is 10.1. The predicted octanol–water partition coefficient (Wildman–Crippen LogP) is 6.45. The summed E-state index contributed by atoms with van der Waals surface area (Å²) in [4.78, 5) is 0. The largest absolute Gasteiger partial charge is 0.209 e. The lowest BCUT2D eigenvalue weighted by Gasteiger charge is -2.01. The highest BCUT2D eigenvalue weighted by molar-refractivity contribution is 5.62. The van der Waals surface area contributed by atoms with Gasteiger partial charge in [0.1, 0.15) is 5.83 Å². The molecular formula is C22H22F2. The van der Waals surface area contributed by atoms with E-state index in [-0.39, 0.29) is 12.0 Å². The van der Waals surface area contributed by atoms with Crippen molar-refractivity contribution < 1.29 is 8.78 Å². The van der Waals surface area contributed by atoms with Gasteiger partial charge in [-0.2, -0.15) is 0 Å². The molecule has 0 saturated carbocycles. The number of unbranched alkanes of at least 4 members (excludes halogenated alkanes) is 1. The molecule has 0 aromatic heterocycles. The van der Waals surface area contributed by atoms with E-state index in [4.69, 9.17) is 0 Å². The maximum absolute atomic E-state index is 14.0. The van der Waals surface area contributed by atoms with Gasteiger partial charge in [0.15, 0.2) is 5.83 Å². The number of halogens is 2. The molecule has 0 aliphatic carbocycles. The summed E-state index contributed by atoms with van der Waals surface area (Å²) in [6.45, 7) is 4.06. The number of benzene rings is 2. The summed E-state index contributed by atoms with van der Waals surface area (Å²) in [5, 5.41) is 0. The standard InChI is InChI=1S/C22H22F2/c1-3-5-6-21(23)22(24)20-15-13-19(14-16-20)12-11-18-9-7-17(4-2)8-10-18/h7-10,13-16H,3-6H2,1-2H3. The summed E-state index contributed by atoms with van der Waals surface area (Å²) in [5.41, 5.74) is 3.26. The fraction of sp³-hybridized carbons (Fsp3) is 0.273. The minimum atomic E-state index is -0.766. The average Bonchev–Trinajstić information content (AvgIpc) is 2.64. The smallest absolute Gasteiger partial charge is 0.161 e. The Morgan fingerprint density at radius 3 is 1.88 bits per heavy atom. The second-order valence-corrected chi connectivity index (χ2v) is 5.70. The van der Waals surface area contributed by atoms with Crippen LogP contribution in [0.1, 0.15) is 55.4 Å². The van der Waals surface area contributed by atoms with E-state index in [2.05, 4.69) is 30.9 Å². The van der Waals surface area contributed by atoms with Crippen LogP contribution in [0.5, 0.6) is 0 Å². The molecule has 0 atom stereocenters. The zero-order chi connectivity index (χ0) is 17.4. The molecule has 2 rings (SSSR count). The Labute approximate surface area is 143 Å². The maximum atomic E-state index is 14.0. The van der Waals surface area contributed by atoms with Gasteiger partial charge >= 0.3 is 0 Å². The predicted molar refractivity (Wildman–Crippen MR) is 96.9 cm³/mol. The Kier molecular flexibility index (Phi) is 6.75. The Bertz CT molecular complexity index is 741. The molecule has 0 bridgehead atoms. The Morgan fingerprint density at radius 1 is 0.833 bits per heavy atom. The summed E-state index contributed by atoms with van der Waals surface area (Å²) >= 11 is 0. The van der Waals surface area contributed by atoms with Gasteiger partial charge in [0.05, 0.1) is 0 Å². The van der Waals surface area contributed by atoms with E-state index in [0.29, 0.717) is 6.42 Å². The van der Waals surface area contributed by atoms with Crippen LogP contribution in [0.2, 0.25) is 0 Å². The molecule has 0 saturated heterocycles. The van der Waals surface area contributed by atoms with Gasteiger partial charge in [-0.05, 0) is 42.7 Å². The van der Waals surface area contributed by atoms with Gasteiger partial charge in [-0.15, -0.1) is 0 Å². The molecule has 0 unspecified atom stereocenters. The third kappa shape index (κ3) is 5.06. The van der Waals surface area contributed by atoms with Crippen LogP contribution in [0.3, 0.4) is 0 Å². The number of hydrogen-bond acceptors (Lipinski definition) is 0. The summed E-state index contributed by atoms with van der Waals surface area (Å²) in [5.74, 6) is 4.69. The summed E-state index contributed by atoms with van der Waals surface area (Å²) in [7, 11) is 0. The minimum absolute atomic E-state index is 0.150. The molecule has 0 aliphatic rings. The summed E-state index contributed by atoms with van der Waals surface area (Å²) in [6.07, 6.45) is 2.65. The van der Waals surface area contributed by atoms with Crippen molar-refractivity contribution in [2.24, 2.45) is 0 Å². The first-order valence-corrected chi connectivity index (χ1v) is 8.39. The fourth-order valence-electron chi connectivity index (χ4n) is 2.27. The highest BCUT2D eigenvalue weighted by Crippen LogP contribution is 2.24. The normalized spacial score (nSPS) is 11.5. The van der Waals surface area contributed by atoms with Crippen molar-refractivity contribution in [2.45, 2.75) is 39.5 Å². The molecule has 124 valence electrons. The van der Waals surface area contributed by atoms with Crippen molar-refractivity contribution in [3.63, 3.8) is 0 Å². The first kappa shape index (κ1) is 17.9. The molecule has 0 N–H and O–H groups in total. The van der Waals surface area contributed by atoms with Crippen LogP contribution < -0.4 is 0 Å². The second kappa shape index (κ2) is 9.03. The first-order valence-electron chi connectivity index (χ1n) is 8.39. The number of aryl methyl sites for hydroxylation is 1. The minimum Gasteiger partial charge on any atom is -0.209 e. The van der Waals surface area contributed by atoms with Crippen LogP contribution in [0.25, 0.3) is 5.83 Å². The van der Waals surface area contributed by atoms with Crippen LogP contribution in [0, 0.1) is 11.8 Å². The summed E-state index contributed by atoms with van der Waals surface area (Å²) in [6, 6.07) is 14.7. The van der Waals surface area contributed by atoms with E-state index < -0.39 is 11.7 Å². The molecule has 0 aliphatic heterocycles. The van der Waals surface area contributed by atoms with Crippen molar-refractivity contribution in [1.29, 1.82) is 0 Å². The van der Waals surface area contributed by atoms with Crippen molar-refractivity contribution in [2.75, 3.05) is 0 Å². The van der Waals surface area contributed by atoms with Gasteiger partial charge in [0.2, 0.25) is 0 Å². The summed E-state index contributed by atoms with van der Waals surface area (Å²) < 4.78 is 27.7. The van der Waals surface area contributed by atoms with Crippen molar-refractivity contribution in [3.8, 4) is 11.8 Å². The lowest BCUT2D eigenvalue weighted by molar-refractivity contribution is 0.548. The zero-order valence-electron chi connectivity index (χ0n) is 14.2. The highest BCUT2D eigenvalue weighted by atomic mass is 19.2. The van der Waals surface area contributed by atoms with Crippen molar-refractivity contribution in [1.82, 2.24) is 0 Å². The molecule has 0 radical (unpaired) electrons. The maximum Gasteiger partial charge on any atom is 0.161 e. The quantitative estimate of drug-likeness (QED) is 0.555. The zero-order valence-corrected chi connectivity index (χ0v) is 14.2. The SMILES string of the molecule is CCCCC(F)=C(F)c1ccc(C#Cc2ccc(CC)cc2)cc1. The average molecular weight is 324 g/mol. The molecule has 2 heteroatoms. The van der Waals surface area contributed by atoms with Crippen LogP contribution in [-0.4, -0.2) is 0 Å². The van der Waals surface area contributed by atoms with Gasteiger partial charge < -0.3 is 0 Å². The highest BCUT2D eigenvalue weighted by Gasteiger charge is 2.08. The van der Waals surface area contributed by atoms with Crippen LogP contribution in [-0.2, 0) is 6.42 Å². The van der Waals surface area contributed by atoms with E-state index in [0.717, 1.165) is 24.0 Å². The topological polar surface area (TPSA) is 0 Å². The molecule has 2 aromatic rings. The first-order chi connectivity index (χ1) is 11.6. The number of rotatable bonds is 5. The Balaban J connectivity index is 2.11. The molecule has 0 spiro atoms. The van der Waals surface area contributed by atoms with Crippen LogP contribution >= 0.6 is 0 Å². The molecule has 24 heavy (non-hydrogen) atoms. The number of hydrogen-bond donors (Lipinski definition) is 0. The van der Waals surface area contributed by atoms with Crippen LogP contribution in [0.4, 0.5) is 8.78 Å². The third-order valence-electron chi connectivity index (χ3n) is 3.84. The van der Waals surface area contributed by atoms with Gasteiger partial charge in [-0.1, -0.05) is 56.4 Å². The lowest BCUT2D eigenvalue weighted by Crippen LogP contribution is -1.85. The van der Waals surface area contributed by atoms with Crippen molar-refractivity contribution in [3.05, 3.63) is 76.6 Å². The molecule has 0 heterocycles. The molecule has 0 amide bonds. The third-order valence-corrected chi connectivity index (χ3v) is 3.84. The number of allylic oxidation sites excluding steroid dienone is 1. The van der Waals surface area contributed by atoms with E-state index >= 15 is 0 Å². The second-order valence-electron chi connectivity index (χ2n) is 5.70. The van der Waals surface area contributed by atoms with Crippen molar-refractivity contribution >= 4 is 5.83 Å². The Hall–Kier alpha value is -2.40. The Morgan fingerprint density at radius 2 is 1.38 bits per heavy atom.